The van der Waals surface area contributed by atoms with Gasteiger partial charge in [-0.25, -0.2) is 0 Å². The smallest absolute Gasteiger partial charge is 0.277 e. The highest BCUT2D eigenvalue weighted by atomic mass is 16.5. The van der Waals surface area contributed by atoms with Crippen LogP contribution in [-0.4, -0.2) is 72.9 Å². The van der Waals surface area contributed by atoms with Crippen molar-refractivity contribution in [3.05, 3.63) is 70.9 Å². The summed E-state index contributed by atoms with van der Waals surface area (Å²) < 4.78 is 5.22. The van der Waals surface area contributed by atoms with E-state index in [4.69, 9.17) is 4.74 Å². The van der Waals surface area contributed by atoms with Gasteiger partial charge in [-0.15, -0.1) is 0 Å². The summed E-state index contributed by atoms with van der Waals surface area (Å²) in [5.74, 6) is 0.420. The molecule has 0 aromatic heterocycles. The van der Waals surface area contributed by atoms with Crippen LogP contribution >= 0.6 is 0 Å². The first kappa shape index (κ1) is 22.1. The normalized spacial score (nSPS) is 17.5. The van der Waals surface area contributed by atoms with E-state index in [0.29, 0.717) is 24.2 Å². The van der Waals surface area contributed by atoms with E-state index in [-0.39, 0.29) is 11.8 Å². The van der Waals surface area contributed by atoms with Gasteiger partial charge in [0.2, 0.25) is 0 Å². The van der Waals surface area contributed by atoms with Crippen LogP contribution in [0.4, 0.5) is 0 Å². The third kappa shape index (κ3) is 4.41. The molecule has 0 N–H and O–H groups in total. The Morgan fingerprint density at radius 1 is 0.875 bits per heavy atom. The van der Waals surface area contributed by atoms with Gasteiger partial charge < -0.3 is 14.5 Å². The minimum absolute atomic E-state index is 0.177. The molecule has 2 aromatic carbocycles. The van der Waals surface area contributed by atoms with E-state index in [0.717, 1.165) is 55.2 Å². The fraction of sp³-hybridized carbons (Fsp3) is 0.385. The third-order valence-electron chi connectivity index (χ3n) is 6.40. The SMILES string of the molecule is CCN1CCN(C2=C(c3ccc(C)cc3)C(=O)N(CCc3ccc(OC)cc3)C2=O)CC1. The number of hydrogen-bond donors (Lipinski definition) is 0. The van der Waals surface area contributed by atoms with Crippen molar-refractivity contribution in [2.75, 3.05) is 46.4 Å². The molecule has 2 amide bonds. The minimum atomic E-state index is -0.194. The predicted octanol–water partition coefficient (Wildman–Crippen LogP) is 2.96. The molecule has 2 aromatic rings. The van der Waals surface area contributed by atoms with Crippen LogP contribution in [0.15, 0.2) is 54.2 Å². The Hall–Kier alpha value is -3.12. The van der Waals surface area contributed by atoms with Crippen molar-refractivity contribution in [3.8, 4) is 5.75 Å². The Morgan fingerprint density at radius 2 is 1.53 bits per heavy atom. The fourth-order valence-electron chi connectivity index (χ4n) is 4.36. The molecule has 4 rings (SSSR count). The molecule has 0 unspecified atom stereocenters. The van der Waals surface area contributed by atoms with Gasteiger partial charge in [0.05, 0.1) is 12.7 Å². The molecule has 2 heterocycles. The van der Waals surface area contributed by atoms with Crippen LogP contribution < -0.4 is 4.74 Å². The molecule has 0 atom stereocenters. The van der Waals surface area contributed by atoms with E-state index >= 15 is 0 Å². The van der Waals surface area contributed by atoms with E-state index in [1.807, 2.05) is 55.5 Å². The van der Waals surface area contributed by atoms with Gasteiger partial charge in [-0.2, -0.15) is 0 Å². The summed E-state index contributed by atoms with van der Waals surface area (Å²) >= 11 is 0. The molecule has 1 saturated heterocycles. The number of likely N-dealkylation sites (N-methyl/N-ethyl adjacent to an activating group) is 1. The lowest BCUT2D eigenvalue weighted by Crippen LogP contribution is -2.47. The van der Waals surface area contributed by atoms with Crippen molar-refractivity contribution < 1.29 is 14.3 Å². The zero-order valence-corrected chi connectivity index (χ0v) is 19.1. The second kappa shape index (κ2) is 9.57. The van der Waals surface area contributed by atoms with Crippen molar-refractivity contribution in [2.24, 2.45) is 0 Å². The summed E-state index contributed by atoms with van der Waals surface area (Å²) in [6.45, 7) is 8.83. The van der Waals surface area contributed by atoms with E-state index < -0.39 is 0 Å². The van der Waals surface area contributed by atoms with E-state index in [1.165, 1.54) is 4.90 Å². The molecule has 0 radical (unpaired) electrons. The lowest BCUT2D eigenvalue weighted by molar-refractivity contribution is -0.137. The highest BCUT2D eigenvalue weighted by Gasteiger charge is 2.41. The molecule has 168 valence electrons. The Kier molecular flexibility index (Phi) is 6.61. The number of ether oxygens (including phenoxy) is 1. The average Bonchev–Trinajstić information content (AvgIpc) is 3.08. The van der Waals surface area contributed by atoms with Crippen LogP contribution in [0.3, 0.4) is 0 Å². The number of carbonyl (C=O) groups is 2. The lowest BCUT2D eigenvalue weighted by atomic mass is 10.0. The van der Waals surface area contributed by atoms with Crippen molar-refractivity contribution in [3.63, 3.8) is 0 Å². The Balaban J connectivity index is 1.59. The molecular weight excluding hydrogens is 402 g/mol. The maximum atomic E-state index is 13.5. The largest absolute Gasteiger partial charge is 0.497 e. The van der Waals surface area contributed by atoms with Gasteiger partial charge >= 0.3 is 0 Å². The summed E-state index contributed by atoms with van der Waals surface area (Å²) in [5.41, 5.74) is 4.10. The molecule has 0 saturated carbocycles. The van der Waals surface area contributed by atoms with E-state index in [9.17, 15) is 9.59 Å². The van der Waals surface area contributed by atoms with Crippen LogP contribution in [0.5, 0.6) is 5.75 Å². The van der Waals surface area contributed by atoms with Gasteiger partial charge in [0.25, 0.3) is 11.8 Å². The maximum absolute atomic E-state index is 13.5. The quantitative estimate of drug-likeness (QED) is 0.629. The van der Waals surface area contributed by atoms with E-state index in [1.54, 1.807) is 7.11 Å². The average molecular weight is 434 g/mol. The number of nitrogens with zero attached hydrogens (tertiary/aromatic N) is 3. The molecule has 0 spiro atoms. The van der Waals surface area contributed by atoms with Crippen molar-refractivity contribution in [2.45, 2.75) is 20.3 Å². The number of carbonyl (C=O) groups excluding carboxylic acids is 2. The molecule has 1 fully saturated rings. The summed E-state index contributed by atoms with van der Waals surface area (Å²) in [7, 11) is 1.64. The monoisotopic (exact) mass is 433 g/mol. The molecule has 2 aliphatic rings. The number of hydrogen-bond acceptors (Lipinski definition) is 5. The molecule has 6 nitrogen and oxygen atoms in total. The van der Waals surface area contributed by atoms with Crippen molar-refractivity contribution >= 4 is 17.4 Å². The first-order valence-electron chi connectivity index (χ1n) is 11.3. The van der Waals surface area contributed by atoms with Crippen LogP contribution in [0.1, 0.15) is 23.6 Å². The van der Waals surface area contributed by atoms with Gasteiger partial charge in [-0.3, -0.25) is 14.5 Å². The highest BCUT2D eigenvalue weighted by Crippen LogP contribution is 2.32. The van der Waals surface area contributed by atoms with Crippen molar-refractivity contribution in [1.82, 2.24) is 14.7 Å². The summed E-state index contributed by atoms with van der Waals surface area (Å²) in [6, 6.07) is 15.6. The molecule has 32 heavy (non-hydrogen) atoms. The van der Waals surface area contributed by atoms with Gasteiger partial charge in [0, 0.05) is 32.7 Å². The molecule has 0 aliphatic carbocycles. The van der Waals surface area contributed by atoms with Gasteiger partial charge in [0.1, 0.15) is 11.4 Å². The number of benzene rings is 2. The van der Waals surface area contributed by atoms with Gasteiger partial charge in [0.15, 0.2) is 0 Å². The Labute approximate surface area is 190 Å². The number of amides is 2. The standard InChI is InChI=1S/C26H31N3O3/c1-4-27-15-17-28(18-16-27)24-23(21-9-5-19(2)6-10-21)25(30)29(26(24)31)14-13-20-7-11-22(32-3)12-8-20/h5-12H,4,13-18H2,1-3H3. The second-order valence-corrected chi connectivity index (χ2v) is 8.37. The van der Waals surface area contributed by atoms with Gasteiger partial charge in [-0.1, -0.05) is 48.9 Å². The Morgan fingerprint density at radius 3 is 2.12 bits per heavy atom. The number of methoxy groups -OCH3 is 1. The zero-order chi connectivity index (χ0) is 22.7. The summed E-state index contributed by atoms with van der Waals surface area (Å²) in [5, 5.41) is 0. The van der Waals surface area contributed by atoms with Gasteiger partial charge in [-0.05, 0) is 43.1 Å². The molecular formula is C26H31N3O3. The number of aryl methyl sites for hydroxylation is 1. The first-order valence-corrected chi connectivity index (χ1v) is 11.3. The first-order chi connectivity index (χ1) is 15.5. The Bertz CT molecular complexity index is 1000. The van der Waals surface area contributed by atoms with E-state index in [2.05, 4.69) is 16.7 Å². The number of piperazine rings is 1. The van der Waals surface area contributed by atoms with Crippen LogP contribution in [0.2, 0.25) is 0 Å². The summed E-state index contributed by atoms with van der Waals surface area (Å²) in [4.78, 5) is 32.9. The molecule has 2 aliphatic heterocycles. The molecule has 0 bridgehead atoms. The lowest BCUT2D eigenvalue weighted by Gasteiger charge is -2.36. The predicted molar refractivity (Wildman–Crippen MR) is 125 cm³/mol. The minimum Gasteiger partial charge on any atom is -0.497 e. The second-order valence-electron chi connectivity index (χ2n) is 8.37. The molecule has 6 heteroatoms. The highest BCUT2D eigenvalue weighted by molar-refractivity contribution is 6.35. The fourth-order valence-corrected chi connectivity index (χ4v) is 4.36. The van der Waals surface area contributed by atoms with Crippen LogP contribution in [0.25, 0.3) is 5.57 Å². The summed E-state index contributed by atoms with van der Waals surface area (Å²) in [6.07, 6.45) is 0.611. The van der Waals surface area contributed by atoms with Crippen molar-refractivity contribution in [1.29, 1.82) is 0 Å². The third-order valence-corrected chi connectivity index (χ3v) is 6.40. The maximum Gasteiger partial charge on any atom is 0.277 e. The zero-order valence-electron chi connectivity index (χ0n) is 19.1. The van der Waals surface area contributed by atoms with Crippen LogP contribution in [-0.2, 0) is 16.0 Å². The number of rotatable bonds is 7. The topological polar surface area (TPSA) is 53.1 Å². The van der Waals surface area contributed by atoms with Crippen LogP contribution in [0, 0.1) is 6.92 Å². The number of imide groups is 1.